The van der Waals surface area contributed by atoms with Crippen LogP contribution < -0.4 is 5.46 Å². The highest BCUT2D eigenvalue weighted by Crippen LogP contribution is 2.50. The van der Waals surface area contributed by atoms with Crippen molar-refractivity contribution in [2.45, 2.75) is 58.2 Å². The average molecular weight is 562 g/mol. The first kappa shape index (κ1) is 26.5. The topological polar surface area (TPSA) is 23.4 Å². The van der Waals surface area contributed by atoms with Crippen LogP contribution in [0.3, 0.4) is 0 Å². The number of para-hydroxylation sites is 2. The van der Waals surface area contributed by atoms with Crippen LogP contribution in [0.1, 0.15) is 52.7 Å². The minimum absolute atomic E-state index is 0.145. The van der Waals surface area contributed by atoms with E-state index in [4.69, 9.17) is 9.31 Å². The Hall–Kier alpha value is -4.12. The summed E-state index contributed by atoms with van der Waals surface area (Å²) in [6.07, 6.45) is 0. The third kappa shape index (κ3) is 3.83. The van der Waals surface area contributed by atoms with Gasteiger partial charge in [0.15, 0.2) is 0 Å². The number of hydrogen-bond donors (Lipinski definition) is 0. The molecule has 0 unspecified atom stereocenters. The monoisotopic (exact) mass is 561 g/mol. The fraction of sp³-hybridized carbons (Fsp3) is 0.231. The lowest BCUT2D eigenvalue weighted by Gasteiger charge is -2.32. The van der Waals surface area contributed by atoms with E-state index in [0.717, 1.165) is 5.46 Å². The van der Waals surface area contributed by atoms with Gasteiger partial charge in [0.1, 0.15) is 0 Å². The molecule has 0 atom stereocenters. The lowest BCUT2D eigenvalue weighted by molar-refractivity contribution is 0.00578. The van der Waals surface area contributed by atoms with Gasteiger partial charge in [-0.15, -0.1) is 0 Å². The molecule has 1 aliphatic heterocycles. The molecule has 0 N–H and O–H groups in total. The van der Waals surface area contributed by atoms with E-state index in [0.29, 0.717) is 0 Å². The molecule has 1 saturated heterocycles. The average Bonchev–Trinajstić information content (AvgIpc) is 3.54. The maximum atomic E-state index is 6.40. The van der Waals surface area contributed by atoms with Crippen molar-refractivity contribution in [2.24, 2.45) is 0 Å². The van der Waals surface area contributed by atoms with E-state index < -0.39 is 0 Å². The van der Waals surface area contributed by atoms with Gasteiger partial charge in [0.05, 0.1) is 22.2 Å². The van der Waals surface area contributed by atoms with Gasteiger partial charge in [-0.25, -0.2) is 0 Å². The second-order valence-electron chi connectivity index (χ2n) is 13.7. The highest BCUT2D eigenvalue weighted by molar-refractivity contribution is 6.62. The minimum atomic E-state index is -0.366. The first-order chi connectivity index (χ1) is 20.5. The van der Waals surface area contributed by atoms with E-state index in [1.54, 1.807) is 0 Å². The van der Waals surface area contributed by atoms with Gasteiger partial charge in [-0.3, -0.25) is 0 Å². The molecule has 1 aromatic heterocycles. The molecule has 2 aliphatic rings. The third-order valence-corrected chi connectivity index (χ3v) is 10.2. The summed E-state index contributed by atoms with van der Waals surface area (Å²) in [7, 11) is -0.366. The largest absolute Gasteiger partial charge is 0.494 e. The SMILES string of the molecule is CC1(C)c2cc(B3OC(C)(C)C(C)(C)O3)ccc2-c2ccc(-c3ccc4c(c3)c3ccccc3n4-c3ccccc3)cc21. The standard InChI is InChI=1S/C39H36BNO2/c1-37(2)33-23-26(16-19-29(33)30-20-18-27(24-34(30)37)40-42-38(3,4)39(5,6)43-40)25-17-21-36-32(22-25)31-14-10-11-15-35(31)41(36)28-12-8-7-9-13-28/h7-24H,1-6H3. The molecule has 212 valence electrons. The highest BCUT2D eigenvalue weighted by atomic mass is 16.7. The summed E-state index contributed by atoms with van der Waals surface area (Å²) < 4.78 is 15.2. The Morgan fingerprint density at radius 1 is 0.535 bits per heavy atom. The van der Waals surface area contributed by atoms with Crippen LogP contribution in [0, 0.1) is 0 Å². The zero-order valence-corrected chi connectivity index (χ0v) is 25.7. The summed E-state index contributed by atoms with van der Waals surface area (Å²) in [4.78, 5) is 0. The molecule has 5 aromatic carbocycles. The summed E-state index contributed by atoms with van der Waals surface area (Å²) in [5.41, 5.74) is 11.6. The maximum absolute atomic E-state index is 6.40. The summed E-state index contributed by atoms with van der Waals surface area (Å²) >= 11 is 0. The van der Waals surface area contributed by atoms with Crippen molar-refractivity contribution in [1.29, 1.82) is 0 Å². The molecule has 6 aromatic rings. The van der Waals surface area contributed by atoms with Crippen molar-refractivity contribution in [1.82, 2.24) is 4.57 Å². The van der Waals surface area contributed by atoms with Crippen LogP contribution in [0.4, 0.5) is 0 Å². The van der Waals surface area contributed by atoms with E-state index in [2.05, 4.69) is 155 Å². The first-order valence-electron chi connectivity index (χ1n) is 15.3. The van der Waals surface area contributed by atoms with Gasteiger partial charge in [-0.05, 0) is 103 Å². The number of hydrogen-bond acceptors (Lipinski definition) is 2. The van der Waals surface area contributed by atoms with Crippen LogP contribution in [0.2, 0.25) is 0 Å². The van der Waals surface area contributed by atoms with Crippen LogP contribution in [-0.2, 0) is 14.7 Å². The second-order valence-corrected chi connectivity index (χ2v) is 13.7. The molecule has 0 saturated carbocycles. The Bertz CT molecular complexity index is 2050. The maximum Gasteiger partial charge on any atom is 0.494 e. The van der Waals surface area contributed by atoms with E-state index in [1.165, 1.54) is 60.9 Å². The highest BCUT2D eigenvalue weighted by Gasteiger charge is 2.52. The van der Waals surface area contributed by atoms with Gasteiger partial charge in [0, 0.05) is 21.9 Å². The van der Waals surface area contributed by atoms with Crippen molar-refractivity contribution < 1.29 is 9.31 Å². The Balaban J connectivity index is 1.21. The van der Waals surface area contributed by atoms with Crippen LogP contribution in [0.25, 0.3) is 49.7 Å². The normalized spacial score (nSPS) is 17.9. The van der Waals surface area contributed by atoms with Crippen molar-refractivity contribution >= 4 is 34.4 Å². The molecule has 4 heteroatoms. The van der Waals surface area contributed by atoms with Gasteiger partial charge >= 0.3 is 7.12 Å². The quantitative estimate of drug-likeness (QED) is 0.201. The zero-order valence-electron chi connectivity index (χ0n) is 25.7. The molecular formula is C39H36BNO2. The van der Waals surface area contributed by atoms with E-state index in [-0.39, 0.29) is 23.7 Å². The predicted molar refractivity (Wildman–Crippen MR) is 179 cm³/mol. The number of nitrogens with zero attached hydrogens (tertiary/aromatic N) is 1. The van der Waals surface area contributed by atoms with Gasteiger partial charge < -0.3 is 13.9 Å². The lowest BCUT2D eigenvalue weighted by atomic mass is 9.74. The van der Waals surface area contributed by atoms with Gasteiger partial charge in [0.2, 0.25) is 0 Å². The molecule has 1 fully saturated rings. The Labute approximate surface area is 254 Å². The van der Waals surface area contributed by atoms with Crippen molar-refractivity contribution in [3.8, 4) is 27.9 Å². The van der Waals surface area contributed by atoms with Crippen LogP contribution >= 0.6 is 0 Å². The van der Waals surface area contributed by atoms with Crippen molar-refractivity contribution in [2.75, 3.05) is 0 Å². The molecule has 43 heavy (non-hydrogen) atoms. The van der Waals surface area contributed by atoms with E-state index in [1.807, 2.05) is 0 Å². The molecule has 1 aliphatic carbocycles. The van der Waals surface area contributed by atoms with Crippen molar-refractivity contribution in [3.63, 3.8) is 0 Å². The van der Waals surface area contributed by atoms with E-state index >= 15 is 0 Å². The number of rotatable bonds is 3. The summed E-state index contributed by atoms with van der Waals surface area (Å²) in [5.74, 6) is 0. The predicted octanol–water partition coefficient (Wildman–Crippen LogP) is 9.06. The van der Waals surface area contributed by atoms with Crippen molar-refractivity contribution in [3.05, 3.63) is 120 Å². The van der Waals surface area contributed by atoms with E-state index in [9.17, 15) is 0 Å². The van der Waals surface area contributed by atoms with Crippen LogP contribution in [0.15, 0.2) is 109 Å². The molecular weight excluding hydrogens is 525 g/mol. The molecule has 8 rings (SSSR count). The lowest BCUT2D eigenvalue weighted by Crippen LogP contribution is -2.41. The molecule has 2 heterocycles. The Morgan fingerprint density at radius 3 is 1.86 bits per heavy atom. The molecule has 0 amide bonds. The Kier molecular flexibility index (Phi) is 5.52. The zero-order chi connectivity index (χ0) is 29.7. The number of aromatic nitrogens is 1. The van der Waals surface area contributed by atoms with Crippen LogP contribution in [0.5, 0.6) is 0 Å². The second kappa shape index (κ2) is 8.95. The fourth-order valence-corrected chi connectivity index (χ4v) is 7.07. The summed E-state index contributed by atoms with van der Waals surface area (Å²) in [6, 6.07) is 40.0. The van der Waals surface area contributed by atoms with Gasteiger partial charge in [0.25, 0.3) is 0 Å². The molecule has 0 radical (unpaired) electrons. The van der Waals surface area contributed by atoms with Gasteiger partial charge in [-0.2, -0.15) is 0 Å². The first-order valence-corrected chi connectivity index (χ1v) is 15.3. The Morgan fingerprint density at radius 2 is 1.12 bits per heavy atom. The van der Waals surface area contributed by atoms with Crippen LogP contribution in [-0.4, -0.2) is 22.9 Å². The van der Waals surface area contributed by atoms with Gasteiger partial charge in [-0.1, -0.05) is 86.6 Å². The fourth-order valence-electron chi connectivity index (χ4n) is 7.07. The smallest absolute Gasteiger partial charge is 0.399 e. The molecule has 0 spiro atoms. The third-order valence-electron chi connectivity index (χ3n) is 10.2. The number of benzene rings is 5. The number of fused-ring (bicyclic) bond motifs is 6. The summed E-state index contributed by atoms with van der Waals surface area (Å²) in [6.45, 7) is 13.1. The minimum Gasteiger partial charge on any atom is -0.399 e. The molecule has 0 bridgehead atoms. The molecule has 3 nitrogen and oxygen atoms in total. The summed E-state index contributed by atoms with van der Waals surface area (Å²) in [5, 5.41) is 2.54.